The summed E-state index contributed by atoms with van der Waals surface area (Å²) < 4.78 is 2.85. The third-order valence-electron chi connectivity index (χ3n) is 7.03. The van der Waals surface area contributed by atoms with Gasteiger partial charge in [0.15, 0.2) is 0 Å². The van der Waals surface area contributed by atoms with Crippen LogP contribution in [0, 0.1) is 0 Å². The summed E-state index contributed by atoms with van der Waals surface area (Å²) in [4.78, 5) is 0. The van der Waals surface area contributed by atoms with E-state index in [4.69, 9.17) is 0 Å². The van der Waals surface area contributed by atoms with Gasteiger partial charge in [-0.05, 0) is 44.5 Å². The van der Waals surface area contributed by atoms with Gasteiger partial charge in [-0.2, -0.15) is 0 Å². The molecule has 6 aromatic rings. The maximum absolute atomic E-state index is 2.85. The quantitative estimate of drug-likeness (QED) is 0.176. The van der Waals surface area contributed by atoms with Crippen LogP contribution in [0.25, 0.3) is 10.8 Å². The van der Waals surface area contributed by atoms with Gasteiger partial charge in [0.05, 0.1) is 0 Å². The Morgan fingerprint density at radius 1 is 0.410 bits per heavy atom. The lowest BCUT2D eigenvalue weighted by molar-refractivity contribution is 0.570. The summed E-state index contributed by atoms with van der Waals surface area (Å²) in [7, 11) is -1.71. The normalized spacial score (nSPS) is 12.3. The molecule has 0 amide bonds. The van der Waals surface area contributed by atoms with Crippen molar-refractivity contribution >= 4 is 48.1 Å². The molecular formula is C36H31NP2. The lowest BCUT2D eigenvalue weighted by Crippen LogP contribution is -2.33. The Balaban J connectivity index is 1.64. The largest absolute Gasteiger partial charge is 0.237 e. The van der Waals surface area contributed by atoms with Gasteiger partial charge < -0.3 is 0 Å². The third-order valence-corrected chi connectivity index (χ3v) is 12.8. The highest BCUT2D eigenvalue weighted by Crippen LogP contribution is 2.59. The molecule has 39 heavy (non-hydrogen) atoms. The maximum atomic E-state index is 2.85. The first-order valence-corrected chi connectivity index (χ1v) is 16.0. The first-order chi connectivity index (χ1) is 19.3. The second kappa shape index (κ2) is 12.1. The highest BCUT2D eigenvalue weighted by molar-refractivity contribution is 7.84. The molecule has 0 aromatic heterocycles. The van der Waals surface area contributed by atoms with Crippen molar-refractivity contribution in [1.29, 1.82) is 0 Å². The first-order valence-electron chi connectivity index (χ1n) is 13.4. The average molecular weight is 540 g/mol. The predicted octanol–water partition coefficient (Wildman–Crippen LogP) is 8.30. The molecule has 0 aliphatic heterocycles. The Bertz CT molecular complexity index is 1460. The summed E-state index contributed by atoms with van der Waals surface area (Å²) in [6.45, 7) is 2.41. The monoisotopic (exact) mass is 539 g/mol. The zero-order chi connectivity index (χ0) is 26.4. The number of nitrogens with zero attached hydrogens (tertiary/aromatic N) is 1. The van der Waals surface area contributed by atoms with Crippen LogP contribution in [-0.2, 0) is 0 Å². The van der Waals surface area contributed by atoms with Crippen LogP contribution in [0.5, 0.6) is 0 Å². The van der Waals surface area contributed by atoms with Crippen molar-refractivity contribution in [2.75, 3.05) is 0 Å². The molecule has 0 spiro atoms. The summed E-state index contributed by atoms with van der Waals surface area (Å²) >= 11 is 0. The Hall–Kier alpha value is -3.60. The second-order valence-corrected chi connectivity index (χ2v) is 14.0. The maximum Gasteiger partial charge on any atom is 0.0414 e. The molecule has 1 nitrogen and oxygen atoms in total. The fraction of sp³-hybridized carbons (Fsp3) is 0.0556. The van der Waals surface area contributed by atoms with Crippen LogP contribution >= 0.6 is 16.1 Å². The molecule has 6 aromatic carbocycles. The van der Waals surface area contributed by atoms with Crippen LogP contribution in [0.4, 0.5) is 0 Å². The summed E-state index contributed by atoms with van der Waals surface area (Å²) in [5.41, 5.74) is 1.37. The predicted molar refractivity (Wildman–Crippen MR) is 172 cm³/mol. The van der Waals surface area contributed by atoms with Gasteiger partial charge >= 0.3 is 0 Å². The van der Waals surface area contributed by atoms with Gasteiger partial charge in [-0.1, -0.05) is 164 Å². The number of fused-ring (bicyclic) bond motifs is 1. The molecule has 3 heteroatoms. The van der Waals surface area contributed by atoms with E-state index in [1.165, 1.54) is 37.6 Å². The van der Waals surface area contributed by atoms with Crippen molar-refractivity contribution in [3.63, 3.8) is 0 Å². The minimum absolute atomic E-state index is 0.161. The number of hydrogen-bond donors (Lipinski definition) is 0. The van der Waals surface area contributed by atoms with E-state index in [1.807, 2.05) is 0 Å². The molecule has 0 saturated carbocycles. The highest BCUT2D eigenvalue weighted by atomic mass is 31.2. The highest BCUT2D eigenvalue weighted by Gasteiger charge is 2.36. The van der Waals surface area contributed by atoms with Crippen molar-refractivity contribution in [2.24, 2.45) is 0 Å². The van der Waals surface area contributed by atoms with Crippen molar-refractivity contribution in [1.82, 2.24) is 4.44 Å². The second-order valence-electron chi connectivity index (χ2n) is 9.53. The van der Waals surface area contributed by atoms with Gasteiger partial charge in [0.2, 0.25) is 0 Å². The Morgan fingerprint density at radius 2 is 0.769 bits per heavy atom. The zero-order valence-corrected chi connectivity index (χ0v) is 23.8. The molecule has 0 bridgehead atoms. The molecular weight excluding hydrogens is 508 g/mol. The van der Waals surface area contributed by atoms with E-state index in [2.05, 4.69) is 175 Å². The molecule has 0 fully saturated rings. The lowest BCUT2D eigenvalue weighted by Gasteiger charge is -2.43. The number of rotatable bonds is 8. The Kier molecular flexibility index (Phi) is 7.94. The molecule has 1 atom stereocenters. The summed E-state index contributed by atoms with van der Waals surface area (Å²) in [5.74, 6) is 0. The SMILES string of the molecule is CC(c1cccc2ccccc12)N(P(c1ccccc1)c1ccccc1)P(c1ccccc1)c1ccccc1. The molecule has 0 N–H and O–H groups in total. The van der Waals surface area contributed by atoms with Crippen LogP contribution in [0.2, 0.25) is 0 Å². The van der Waals surface area contributed by atoms with Crippen molar-refractivity contribution < 1.29 is 0 Å². The minimum Gasteiger partial charge on any atom is -0.237 e. The van der Waals surface area contributed by atoms with Gasteiger partial charge in [-0.3, -0.25) is 0 Å². The molecule has 0 aliphatic carbocycles. The fourth-order valence-electron chi connectivity index (χ4n) is 5.22. The van der Waals surface area contributed by atoms with E-state index in [-0.39, 0.29) is 6.04 Å². The standard InChI is InChI=1S/C36H31NP2/c1-29(35-28-16-18-30-17-14-15-27-36(30)35)37(38(31-19-6-2-7-20-31)32-21-8-3-9-22-32)39(33-23-10-4-11-24-33)34-25-12-5-13-26-34/h2-29H,1H3. The van der Waals surface area contributed by atoms with E-state index < -0.39 is 16.1 Å². The Morgan fingerprint density at radius 3 is 1.21 bits per heavy atom. The van der Waals surface area contributed by atoms with Crippen molar-refractivity contribution in [3.05, 3.63) is 169 Å². The first kappa shape index (κ1) is 25.7. The van der Waals surface area contributed by atoms with Crippen LogP contribution in [0.3, 0.4) is 0 Å². The molecule has 0 saturated heterocycles. The van der Waals surface area contributed by atoms with E-state index >= 15 is 0 Å². The lowest BCUT2D eigenvalue weighted by atomic mass is 10.0. The van der Waals surface area contributed by atoms with E-state index in [9.17, 15) is 0 Å². The number of hydrogen-bond acceptors (Lipinski definition) is 1. The summed E-state index contributed by atoms with van der Waals surface area (Å²) in [6.07, 6.45) is 0. The molecule has 0 aliphatic rings. The van der Waals surface area contributed by atoms with Crippen LogP contribution in [0.1, 0.15) is 18.5 Å². The van der Waals surface area contributed by atoms with Gasteiger partial charge in [0.1, 0.15) is 0 Å². The van der Waals surface area contributed by atoms with Gasteiger partial charge in [0.25, 0.3) is 0 Å². The fourth-order valence-corrected chi connectivity index (χ4v) is 11.5. The van der Waals surface area contributed by atoms with Crippen LogP contribution < -0.4 is 21.2 Å². The summed E-state index contributed by atoms with van der Waals surface area (Å²) in [6, 6.07) is 60.2. The smallest absolute Gasteiger partial charge is 0.0414 e. The molecule has 0 radical (unpaired) electrons. The van der Waals surface area contributed by atoms with Gasteiger partial charge in [-0.25, -0.2) is 4.44 Å². The average Bonchev–Trinajstić information content (AvgIpc) is 3.02. The van der Waals surface area contributed by atoms with Crippen LogP contribution in [0.15, 0.2) is 164 Å². The summed E-state index contributed by atoms with van der Waals surface area (Å²) in [5, 5.41) is 8.07. The third kappa shape index (κ3) is 5.45. The molecule has 0 heterocycles. The van der Waals surface area contributed by atoms with E-state index in [0.29, 0.717) is 0 Å². The van der Waals surface area contributed by atoms with E-state index in [1.54, 1.807) is 0 Å². The Labute approximate surface area is 234 Å². The van der Waals surface area contributed by atoms with Crippen molar-refractivity contribution in [2.45, 2.75) is 13.0 Å². The van der Waals surface area contributed by atoms with Crippen molar-refractivity contribution in [3.8, 4) is 0 Å². The molecule has 190 valence electrons. The van der Waals surface area contributed by atoms with E-state index in [0.717, 1.165) is 0 Å². The topological polar surface area (TPSA) is 3.24 Å². The number of benzene rings is 6. The van der Waals surface area contributed by atoms with Gasteiger partial charge in [-0.15, -0.1) is 0 Å². The van der Waals surface area contributed by atoms with Gasteiger partial charge in [0, 0.05) is 22.2 Å². The van der Waals surface area contributed by atoms with Crippen LogP contribution in [-0.4, -0.2) is 4.44 Å². The molecule has 6 rings (SSSR count). The minimum atomic E-state index is -0.857. The molecule has 1 unspecified atom stereocenters. The zero-order valence-electron chi connectivity index (χ0n) is 22.0.